The average molecular weight is 270 g/mol. The van der Waals surface area contributed by atoms with Gasteiger partial charge in [-0.05, 0) is 32.6 Å². The van der Waals surface area contributed by atoms with Crippen molar-refractivity contribution < 1.29 is 5.11 Å². The maximum Gasteiger partial charge on any atom is 0.130 e. The van der Waals surface area contributed by atoms with E-state index in [9.17, 15) is 5.11 Å². The Morgan fingerprint density at radius 3 is 2.56 bits per heavy atom. The standard InChI is InChI=1S/C13H20ClN3O/c1-8-11(12(14)17(2)16-8)7-13(18)5-9-3-4-10(6-13)15-9/h9-10,15,18H,3-7H2,1-2H3. The maximum absolute atomic E-state index is 10.8. The minimum Gasteiger partial charge on any atom is -0.389 e. The summed E-state index contributed by atoms with van der Waals surface area (Å²) in [7, 11) is 1.84. The van der Waals surface area contributed by atoms with Gasteiger partial charge in [-0.25, -0.2) is 0 Å². The number of aliphatic hydroxyl groups is 1. The number of hydrogen-bond acceptors (Lipinski definition) is 3. The highest BCUT2D eigenvalue weighted by molar-refractivity contribution is 6.30. The van der Waals surface area contributed by atoms with Crippen molar-refractivity contribution in [3.8, 4) is 0 Å². The van der Waals surface area contributed by atoms with Crippen molar-refractivity contribution in [2.75, 3.05) is 0 Å². The van der Waals surface area contributed by atoms with Crippen LogP contribution in [0.2, 0.25) is 5.15 Å². The first kappa shape index (κ1) is 12.5. The highest BCUT2D eigenvalue weighted by atomic mass is 35.5. The summed E-state index contributed by atoms with van der Waals surface area (Å²) in [5, 5.41) is 19.4. The molecule has 2 aliphatic heterocycles. The molecule has 1 aromatic heterocycles. The number of piperidine rings is 1. The second-order valence-corrected chi connectivity index (χ2v) is 6.28. The van der Waals surface area contributed by atoms with E-state index in [2.05, 4.69) is 10.4 Å². The Bertz CT molecular complexity index is 459. The van der Waals surface area contributed by atoms with Crippen LogP contribution in [0.4, 0.5) is 0 Å². The van der Waals surface area contributed by atoms with Gasteiger partial charge in [0, 0.05) is 31.1 Å². The zero-order valence-corrected chi connectivity index (χ0v) is 11.7. The first-order valence-corrected chi connectivity index (χ1v) is 7.01. The van der Waals surface area contributed by atoms with E-state index in [0.717, 1.165) is 24.1 Å². The molecule has 0 spiro atoms. The molecule has 18 heavy (non-hydrogen) atoms. The number of rotatable bonds is 2. The van der Waals surface area contributed by atoms with Gasteiger partial charge in [0.05, 0.1) is 11.3 Å². The monoisotopic (exact) mass is 269 g/mol. The number of halogens is 1. The highest BCUT2D eigenvalue weighted by Crippen LogP contribution is 2.37. The molecule has 0 radical (unpaired) electrons. The van der Waals surface area contributed by atoms with Gasteiger partial charge in [0.2, 0.25) is 0 Å². The first-order valence-electron chi connectivity index (χ1n) is 6.63. The fourth-order valence-electron chi connectivity index (χ4n) is 3.57. The largest absolute Gasteiger partial charge is 0.389 e. The molecule has 5 heteroatoms. The van der Waals surface area contributed by atoms with Crippen LogP contribution in [0.25, 0.3) is 0 Å². The normalized spacial score (nSPS) is 35.1. The summed E-state index contributed by atoms with van der Waals surface area (Å²) in [5.41, 5.74) is 1.32. The molecule has 2 aliphatic rings. The lowest BCUT2D eigenvalue weighted by atomic mass is 9.82. The van der Waals surface area contributed by atoms with Gasteiger partial charge in [0.15, 0.2) is 0 Å². The number of nitrogens with zero attached hydrogens (tertiary/aromatic N) is 2. The number of aromatic nitrogens is 2. The third kappa shape index (κ3) is 2.06. The Balaban J connectivity index is 1.83. The third-order valence-electron chi connectivity index (χ3n) is 4.36. The molecular weight excluding hydrogens is 250 g/mol. The van der Waals surface area contributed by atoms with Crippen molar-refractivity contribution in [2.45, 2.75) is 56.7 Å². The van der Waals surface area contributed by atoms with Crippen LogP contribution in [0.15, 0.2) is 0 Å². The van der Waals surface area contributed by atoms with Gasteiger partial charge < -0.3 is 10.4 Å². The SMILES string of the molecule is Cc1nn(C)c(Cl)c1CC1(O)CC2CCC(C1)N2. The fraction of sp³-hybridized carbons (Fsp3) is 0.769. The van der Waals surface area contributed by atoms with Crippen LogP contribution in [0, 0.1) is 6.92 Å². The Morgan fingerprint density at radius 2 is 2.06 bits per heavy atom. The van der Waals surface area contributed by atoms with Crippen LogP contribution < -0.4 is 5.32 Å². The molecule has 0 aliphatic carbocycles. The Morgan fingerprint density at radius 1 is 1.44 bits per heavy atom. The van der Waals surface area contributed by atoms with Crippen molar-refractivity contribution in [3.05, 3.63) is 16.4 Å². The fourth-order valence-corrected chi connectivity index (χ4v) is 3.81. The summed E-state index contributed by atoms with van der Waals surface area (Å²) in [6.07, 6.45) is 4.65. The van der Waals surface area contributed by atoms with E-state index in [0.29, 0.717) is 23.7 Å². The predicted molar refractivity (Wildman–Crippen MR) is 70.8 cm³/mol. The average Bonchev–Trinajstić information content (AvgIpc) is 2.74. The van der Waals surface area contributed by atoms with Crippen molar-refractivity contribution in [1.82, 2.24) is 15.1 Å². The molecule has 100 valence electrons. The van der Waals surface area contributed by atoms with Gasteiger partial charge in [-0.1, -0.05) is 11.6 Å². The third-order valence-corrected chi connectivity index (χ3v) is 4.84. The van der Waals surface area contributed by atoms with Crippen LogP contribution in [-0.2, 0) is 13.5 Å². The topological polar surface area (TPSA) is 50.1 Å². The lowest BCUT2D eigenvalue weighted by molar-refractivity contribution is -0.00620. The number of aryl methyl sites for hydroxylation is 2. The Hall–Kier alpha value is -0.580. The molecular formula is C13H20ClN3O. The summed E-state index contributed by atoms with van der Waals surface area (Å²) in [6.45, 7) is 1.96. The van der Waals surface area contributed by atoms with Crippen molar-refractivity contribution in [1.29, 1.82) is 0 Å². The minimum absolute atomic E-state index is 0.476. The molecule has 2 atom stereocenters. The molecule has 4 nitrogen and oxygen atoms in total. The highest BCUT2D eigenvalue weighted by Gasteiger charge is 2.43. The van der Waals surface area contributed by atoms with Crippen LogP contribution in [0.3, 0.4) is 0 Å². The number of hydrogen-bond donors (Lipinski definition) is 2. The molecule has 3 rings (SSSR count). The van der Waals surface area contributed by atoms with Gasteiger partial charge in [0.1, 0.15) is 5.15 Å². The summed E-state index contributed by atoms with van der Waals surface area (Å²) < 4.78 is 1.69. The van der Waals surface area contributed by atoms with Crippen molar-refractivity contribution in [3.63, 3.8) is 0 Å². The molecule has 2 unspecified atom stereocenters. The van der Waals surface area contributed by atoms with E-state index in [1.165, 1.54) is 12.8 Å². The number of nitrogens with one attached hydrogen (secondary N) is 1. The van der Waals surface area contributed by atoms with E-state index < -0.39 is 5.60 Å². The van der Waals surface area contributed by atoms with E-state index in [1.807, 2.05) is 14.0 Å². The summed E-state index contributed by atoms with van der Waals surface area (Å²) in [5.74, 6) is 0. The lowest BCUT2D eigenvalue weighted by Crippen LogP contribution is -2.49. The van der Waals surface area contributed by atoms with E-state index >= 15 is 0 Å². The van der Waals surface area contributed by atoms with Crippen LogP contribution in [0.5, 0.6) is 0 Å². The molecule has 2 N–H and O–H groups in total. The molecule has 1 aromatic rings. The van der Waals surface area contributed by atoms with Crippen LogP contribution in [0.1, 0.15) is 36.9 Å². The Labute approximate surface area is 112 Å². The predicted octanol–water partition coefficient (Wildman–Crippen LogP) is 1.57. The molecule has 0 amide bonds. The molecule has 0 aromatic carbocycles. The van der Waals surface area contributed by atoms with Gasteiger partial charge in [-0.2, -0.15) is 5.10 Å². The minimum atomic E-state index is -0.617. The van der Waals surface area contributed by atoms with Crippen molar-refractivity contribution in [2.24, 2.45) is 7.05 Å². The zero-order chi connectivity index (χ0) is 12.9. The second-order valence-electron chi connectivity index (χ2n) is 5.93. The zero-order valence-electron chi connectivity index (χ0n) is 10.9. The van der Waals surface area contributed by atoms with Gasteiger partial charge >= 0.3 is 0 Å². The molecule has 3 heterocycles. The molecule has 2 fully saturated rings. The first-order chi connectivity index (χ1) is 8.47. The smallest absolute Gasteiger partial charge is 0.130 e. The Kier molecular flexibility index (Phi) is 2.92. The summed E-state index contributed by atoms with van der Waals surface area (Å²) in [6, 6.07) is 0.953. The quantitative estimate of drug-likeness (QED) is 0.857. The summed E-state index contributed by atoms with van der Waals surface area (Å²) in [4.78, 5) is 0. The van der Waals surface area contributed by atoms with E-state index in [1.54, 1.807) is 4.68 Å². The maximum atomic E-state index is 10.8. The summed E-state index contributed by atoms with van der Waals surface area (Å²) >= 11 is 6.26. The van der Waals surface area contributed by atoms with E-state index in [4.69, 9.17) is 11.6 Å². The van der Waals surface area contributed by atoms with E-state index in [-0.39, 0.29) is 0 Å². The van der Waals surface area contributed by atoms with Gasteiger partial charge in [-0.3, -0.25) is 4.68 Å². The van der Waals surface area contributed by atoms with Gasteiger partial charge in [0.25, 0.3) is 0 Å². The van der Waals surface area contributed by atoms with Crippen LogP contribution in [-0.4, -0.2) is 32.6 Å². The number of fused-ring (bicyclic) bond motifs is 2. The van der Waals surface area contributed by atoms with Crippen molar-refractivity contribution >= 4 is 11.6 Å². The molecule has 0 saturated carbocycles. The molecule has 2 bridgehead atoms. The second kappa shape index (κ2) is 4.22. The van der Waals surface area contributed by atoms with Crippen LogP contribution >= 0.6 is 11.6 Å². The lowest BCUT2D eigenvalue weighted by Gasteiger charge is -2.37. The van der Waals surface area contributed by atoms with Gasteiger partial charge in [-0.15, -0.1) is 0 Å². The molecule has 2 saturated heterocycles.